The van der Waals surface area contributed by atoms with Gasteiger partial charge in [-0.1, -0.05) is 182 Å². The van der Waals surface area contributed by atoms with Gasteiger partial charge in [-0.3, -0.25) is 14.4 Å². The van der Waals surface area contributed by atoms with Crippen molar-refractivity contribution in [2.45, 2.75) is 232 Å². The van der Waals surface area contributed by atoms with Crippen LogP contribution < -0.4 is 0 Å². The van der Waals surface area contributed by atoms with Gasteiger partial charge in [-0.05, 0) is 122 Å². The Morgan fingerprint density at radius 3 is 1.02 bits per heavy atom. The van der Waals surface area contributed by atoms with E-state index in [9.17, 15) is 14.4 Å². The molecule has 0 unspecified atom stereocenters. The molecule has 0 N–H and O–H groups in total. The highest BCUT2D eigenvalue weighted by atomic mass is 16.6. The van der Waals surface area contributed by atoms with Crippen molar-refractivity contribution in [2.75, 3.05) is 13.2 Å². The lowest BCUT2D eigenvalue weighted by molar-refractivity contribution is -0.167. The number of hydrogen-bond donors (Lipinski definition) is 0. The molecule has 358 valence electrons. The summed E-state index contributed by atoms with van der Waals surface area (Å²) in [4.78, 5) is 37.9. The van der Waals surface area contributed by atoms with Gasteiger partial charge in [0.15, 0.2) is 6.10 Å². The number of unbranched alkanes of at least 4 members (excludes halogenated alkanes) is 18. The number of carbonyl (C=O) groups is 3. The summed E-state index contributed by atoms with van der Waals surface area (Å²) in [6.07, 6.45) is 66.8. The van der Waals surface area contributed by atoms with E-state index in [1.807, 2.05) is 0 Å². The van der Waals surface area contributed by atoms with E-state index in [4.69, 9.17) is 14.2 Å². The van der Waals surface area contributed by atoms with Crippen molar-refractivity contribution in [3.63, 3.8) is 0 Å². The standard InChI is InChI=1S/C57H94O6/c1-4-7-10-13-16-19-22-25-27-28-30-33-36-39-42-45-48-51-57(60)63-54(52-61-55(58)49-46-43-40-37-34-31-24-21-18-15-12-9-6-3)53-62-56(59)50-47-44-41-38-35-32-29-26-23-20-17-14-11-8-5-2/h16-17,19-21,24-27,29-30,33,35,38-39,42,54H,4-15,18,22-23,28,31-32,34,36-37,40-41,43-53H2,1-3H3/b19-16-,20-17-,24-21-,27-25-,29-26-,33-30-,38-35-,42-39-/t54-/m0/s1. The first-order valence-corrected chi connectivity index (χ1v) is 25.7. The van der Waals surface area contributed by atoms with E-state index < -0.39 is 6.10 Å². The summed E-state index contributed by atoms with van der Waals surface area (Å²) in [6, 6.07) is 0. The Hall–Kier alpha value is -3.67. The van der Waals surface area contributed by atoms with E-state index in [0.29, 0.717) is 25.7 Å². The second-order valence-corrected chi connectivity index (χ2v) is 16.7. The Morgan fingerprint density at radius 2 is 0.587 bits per heavy atom. The summed E-state index contributed by atoms with van der Waals surface area (Å²) < 4.78 is 16.7. The first-order chi connectivity index (χ1) is 31.0. The number of allylic oxidation sites excluding steroid dienone is 16. The fraction of sp³-hybridized carbons (Fsp3) is 0.667. The Morgan fingerprint density at radius 1 is 0.317 bits per heavy atom. The maximum Gasteiger partial charge on any atom is 0.306 e. The molecule has 6 heteroatoms. The SMILES string of the molecule is CCCCC/C=C\C/C=C\C/C=C\C/C=C\CCCC(=O)O[C@H](COC(=O)CCCC/C=C\C/C=C\C/C=C\CCCCC)COC(=O)CCCCCCC/C=C\CCCCCC. The molecule has 0 amide bonds. The van der Waals surface area contributed by atoms with Crippen LogP contribution in [0.1, 0.15) is 226 Å². The molecule has 0 fully saturated rings. The van der Waals surface area contributed by atoms with Crippen molar-refractivity contribution >= 4 is 17.9 Å². The van der Waals surface area contributed by atoms with E-state index >= 15 is 0 Å². The molecule has 0 aromatic rings. The molecule has 0 spiro atoms. The minimum absolute atomic E-state index is 0.117. The monoisotopic (exact) mass is 875 g/mol. The van der Waals surface area contributed by atoms with Gasteiger partial charge in [-0.25, -0.2) is 0 Å². The lowest BCUT2D eigenvalue weighted by Crippen LogP contribution is -2.30. The maximum atomic E-state index is 12.8. The van der Waals surface area contributed by atoms with Gasteiger partial charge < -0.3 is 14.2 Å². The van der Waals surface area contributed by atoms with Crippen molar-refractivity contribution < 1.29 is 28.6 Å². The summed E-state index contributed by atoms with van der Waals surface area (Å²) in [7, 11) is 0. The van der Waals surface area contributed by atoms with Crippen molar-refractivity contribution in [1.82, 2.24) is 0 Å². The molecular formula is C57H94O6. The highest BCUT2D eigenvalue weighted by molar-refractivity contribution is 5.71. The Balaban J connectivity index is 4.57. The zero-order chi connectivity index (χ0) is 45.8. The molecule has 63 heavy (non-hydrogen) atoms. The lowest BCUT2D eigenvalue weighted by Gasteiger charge is -2.18. The topological polar surface area (TPSA) is 78.9 Å². The van der Waals surface area contributed by atoms with E-state index in [1.54, 1.807) is 0 Å². The molecule has 0 saturated heterocycles. The van der Waals surface area contributed by atoms with Crippen LogP contribution >= 0.6 is 0 Å². The van der Waals surface area contributed by atoms with Crippen LogP contribution in [0.5, 0.6) is 0 Å². The summed E-state index contributed by atoms with van der Waals surface area (Å²) in [5.41, 5.74) is 0. The molecule has 0 aliphatic rings. The van der Waals surface area contributed by atoms with Crippen LogP contribution in [-0.2, 0) is 28.6 Å². The van der Waals surface area contributed by atoms with E-state index in [-0.39, 0.29) is 37.5 Å². The minimum atomic E-state index is -0.825. The molecule has 1 atom stereocenters. The smallest absolute Gasteiger partial charge is 0.306 e. The number of esters is 3. The van der Waals surface area contributed by atoms with Gasteiger partial charge in [-0.15, -0.1) is 0 Å². The molecule has 0 aliphatic carbocycles. The average Bonchev–Trinajstić information content (AvgIpc) is 3.28. The summed E-state index contributed by atoms with van der Waals surface area (Å²) in [5.74, 6) is -1.03. The molecule has 0 radical (unpaired) electrons. The molecule has 0 aromatic heterocycles. The highest BCUT2D eigenvalue weighted by Crippen LogP contribution is 2.12. The average molecular weight is 875 g/mol. The van der Waals surface area contributed by atoms with Crippen LogP contribution in [0, 0.1) is 0 Å². The number of hydrogen-bond acceptors (Lipinski definition) is 6. The first-order valence-electron chi connectivity index (χ1n) is 25.7. The lowest BCUT2D eigenvalue weighted by atomic mass is 10.1. The predicted octanol–water partition coefficient (Wildman–Crippen LogP) is 17.0. The van der Waals surface area contributed by atoms with Gasteiger partial charge in [0.05, 0.1) is 0 Å². The highest BCUT2D eigenvalue weighted by Gasteiger charge is 2.19. The zero-order valence-electron chi connectivity index (χ0n) is 40.8. The quantitative estimate of drug-likeness (QED) is 0.0262. The van der Waals surface area contributed by atoms with Gasteiger partial charge in [-0.2, -0.15) is 0 Å². The Kier molecular flexibility index (Phi) is 48.0. The number of rotatable bonds is 45. The third kappa shape index (κ3) is 49.2. The molecule has 0 saturated carbocycles. The van der Waals surface area contributed by atoms with Gasteiger partial charge >= 0.3 is 17.9 Å². The zero-order valence-corrected chi connectivity index (χ0v) is 40.8. The predicted molar refractivity (Wildman–Crippen MR) is 270 cm³/mol. The van der Waals surface area contributed by atoms with E-state index in [1.165, 1.54) is 89.9 Å². The molecule has 0 rings (SSSR count). The third-order valence-corrected chi connectivity index (χ3v) is 10.5. The molecule has 6 nitrogen and oxygen atoms in total. The van der Waals surface area contributed by atoms with Crippen molar-refractivity contribution in [2.24, 2.45) is 0 Å². The number of ether oxygens (including phenoxy) is 3. The Bertz CT molecular complexity index is 1280. The van der Waals surface area contributed by atoms with Crippen molar-refractivity contribution in [3.8, 4) is 0 Å². The normalized spacial score (nSPS) is 12.9. The van der Waals surface area contributed by atoms with E-state index in [0.717, 1.165) is 83.5 Å². The maximum absolute atomic E-state index is 12.8. The minimum Gasteiger partial charge on any atom is -0.462 e. The molecule has 0 aliphatic heterocycles. The largest absolute Gasteiger partial charge is 0.462 e. The van der Waals surface area contributed by atoms with Crippen molar-refractivity contribution in [1.29, 1.82) is 0 Å². The van der Waals surface area contributed by atoms with Crippen LogP contribution in [-0.4, -0.2) is 37.2 Å². The molecule has 0 aromatic carbocycles. The summed E-state index contributed by atoms with van der Waals surface area (Å²) in [6.45, 7) is 6.46. The van der Waals surface area contributed by atoms with Gasteiger partial charge in [0.1, 0.15) is 13.2 Å². The summed E-state index contributed by atoms with van der Waals surface area (Å²) >= 11 is 0. The van der Waals surface area contributed by atoms with Crippen molar-refractivity contribution in [3.05, 3.63) is 97.2 Å². The first kappa shape index (κ1) is 59.3. The molecular weight excluding hydrogens is 781 g/mol. The van der Waals surface area contributed by atoms with Gasteiger partial charge in [0, 0.05) is 19.3 Å². The second kappa shape index (κ2) is 51.0. The molecule has 0 heterocycles. The van der Waals surface area contributed by atoms with Crippen LogP contribution in [0.3, 0.4) is 0 Å². The van der Waals surface area contributed by atoms with Crippen LogP contribution in [0.4, 0.5) is 0 Å². The fourth-order valence-corrected chi connectivity index (χ4v) is 6.61. The molecule has 0 bridgehead atoms. The van der Waals surface area contributed by atoms with Gasteiger partial charge in [0.25, 0.3) is 0 Å². The van der Waals surface area contributed by atoms with Gasteiger partial charge in [0.2, 0.25) is 0 Å². The van der Waals surface area contributed by atoms with Crippen LogP contribution in [0.25, 0.3) is 0 Å². The van der Waals surface area contributed by atoms with Crippen LogP contribution in [0.15, 0.2) is 97.2 Å². The van der Waals surface area contributed by atoms with Crippen LogP contribution in [0.2, 0.25) is 0 Å². The second-order valence-electron chi connectivity index (χ2n) is 16.7. The third-order valence-electron chi connectivity index (χ3n) is 10.5. The summed E-state index contributed by atoms with van der Waals surface area (Å²) in [5, 5.41) is 0. The fourth-order valence-electron chi connectivity index (χ4n) is 6.61. The Labute approximate surface area is 387 Å². The number of carbonyl (C=O) groups excluding carboxylic acids is 3. The van der Waals surface area contributed by atoms with E-state index in [2.05, 4.69) is 118 Å².